The van der Waals surface area contributed by atoms with Gasteiger partial charge in [0.2, 0.25) is 5.91 Å². The molecular formula is C19H20N4OS2. The lowest BCUT2D eigenvalue weighted by molar-refractivity contribution is -0.113. The Bertz CT molecular complexity index is 923. The third-order valence-corrected chi connectivity index (χ3v) is 5.75. The zero-order valence-electron chi connectivity index (χ0n) is 14.9. The number of rotatable bonds is 6. The lowest BCUT2D eigenvalue weighted by Gasteiger charge is -2.09. The van der Waals surface area contributed by atoms with E-state index >= 15 is 0 Å². The van der Waals surface area contributed by atoms with Crippen LogP contribution in [0.15, 0.2) is 58.6 Å². The fourth-order valence-electron chi connectivity index (χ4n) is 2.56. The molecule has 0 aliphatic carbocycles. The van der Waals surface area contributed by atoms with Crippen molar-refractivity contribution in [2.45, 2.75) is 17.0 Å². The molecule has 134 valence electrons. The number of thioether (sulfide) groups is 2. The van der Waals surface area contributed by atoms with Crippen LogP contribution in [0.25, 0.3) is 11.4 Å². The predicted molar refractivity (Wildman–Crippen MR) is 109 cm³/mol. The van der Waals surface area contributed by atoms with Crippen LogP contribution in [0, 0.1) is 6.92 Å². The Morgan fingerprint density at radius 1 is 1.12 bits per heavy atom. The maximum atomic E-state index is 12.3. The Labute approximate surface area is 161 Å². The number of aromatic nitrogens is 3. The van der Waals surface area contributed by atoms with Gasteiger partial charge in [-0.3, -0.25) is 4.79 Å². The Balaban J connectivity index is 1.67. The van der Waals surface area contributed by atoms with E-state index in [0.717, 1.165) is 32.7 Å². The average Bonchev–Trinajstić information content (AvgIpc) is 3.01. The van der Waals surface area contributed by atoms with Gasteiger partial charge in [0, 0.05) is 17.5 Å². The third kappa shape index (κ3) is 4.11. The monoisotopic (exact) mass is 384 g/mol. The first-order valence-corrected chi connectivity index (χ1v) is 10.3. The summed E-state index contributed by atoms with van der Waals surface area (Å²) in [6.07, 6.45) is 1.99. The van der Waals surface area contributed by atoms with Crippen molar-refractivity contribution in [1.29, 1.82) is 0 Å². The molecular weight excluding hydrogens is 364 g/mol. The van der Waals surface area contributed by atoms with Crippen LogP contribution in [0.2, 0.25) is 0 Å². The van der Waals surface area contributed by atoms with Crippen molar-refractivity contribution in [1.82, 2.24) is 14.8 Å². The summed E-state index contributed by atoms with van der Waals surface area (Å²) < 4.78 is 1.93. The fourth-order valence-corrected chi connectivity index (χ4v) is 3.83. The molecule has 0 saturated heterocycles. The molecule has 0 atom stereocenters. The van der Waals surface area contributed by atoms with Crippen LogP contribution in [-0.4, -0.2) is 32.7 Å². The van der Waals surface area contributed by atoms with Crippen molar-refractivity contribution < 1.29 is 4.79 Å². The summed E-state index contributed by atoms with van der Waals surface area (Å²) in [5, 5.41) is 12.2. The van der Waals surface area contributed by atoms with Crippen molar-refractivity contribution in [2.24, 2.45) is 7.05 Å². The summed E-state index contributed by atoms with van der Waals surface area (Å²) >= 11 is 2.99. The molecule has 0 fully saturated rings. The molecule has 1 aromatic heterocycles. The number of nitrogens with one attached hydrogen (secondary N) is 1. The maximum Gasteiger partial charge on any atom is 0.234 e. The van der Waals surface area contributed by atoms with E-state index in [4.69, 9.17) is 0 Å². The van der Waals surface area contributed by atoms with E-state index in [0.29, 0.717) is 0 Å². The minimum Gasteiger partial charge on any atom is -0.324 e. The molecule has 1 heterocycles. The summed E-state index contributed by atoms with van der Waals surface area (Å²) in [6.45, 7) is 2.05. The molecule has 1 amide bonds. The molecule has 0 aliphatic heterocycles. The molecule has 0 radical (unpaired) electrons. The molecule has 3 aromatic rings. The molecule has 0 saturated carbocycles. The smallest absolute Gasteiger partial charge is 0.234 e. The number of carbonyl (C=O) groups excluding carboxylic acids is 1. The van der Waals surface area contributed by atoms with Gasteiger partial charge in [-0.2, -0.15) is 0 Å². The van der Waals surface area contributed by atoms with E-state index in [1.165, 1.54) is 11.8 Å². The first kappa shape index (κ1) is 18.5. The van der Waals surface area contributed by atoms with Gasteiger partial charge in [0.1, 0.15) is 0 Å². The zero-order chi connectivity index (χ0) is 18.5. The maximum absolute atomic E-state index is 12.3. The van der Waals surface area contributed by atoms with Gasteiger partial charge in [-0.1, -0.05) is 48.2 Å². The Hall–Kier alpha value is -2.25. The molecule has 2 aromatic carbocycles. The van der Waals surface area contributed by atoms with Crippen LogP contribution >= 0.6 is 23.5 Å². The SMILES string of the molecule is CSc1ccccc1NC(=O)CSc1nnc(-c2ccccc2C)n1C. The standard InChI is InChI=1S/C19H20N4OS2/c1-13-8-4-5-9-14(13)18-21-22-19(23(18)2)26-12-17(24)20-15-10-6-7-11-16(15)25-3/h4-11H,12H2,1-3H3,(H,20,24). The van der Waals surface area contributed by atoms with Crippen LogP contribution < -0.4 is 5.32 Å². The van der Waals surface area contributed by atoms with Gasteiger partial charge in [0.25, 0.3) is 0 Å². The topological polar surface area (TPSA) is 59.8 Å². The van der Waals surface area contributed by atoms with Gasteiger partial charge in [0.15, 0.2) is 11.0 Å². The summed E-state index contributed by atoms with van der Waals surface area (Å²) in [5.74, 6) is 1.03. The molecule has 26 heavy (non-hydrogen) atoms. The number of anilines is 1. The summed E-state index contributed by atoms with van der Waals surface area (Å²) in [7, 11) is 1.92. The minimum absolute atomic E-state index is 0.0584. The van der Waals surface area contributed by atoms with Gasteiger partial charge in [-0.25, -0.2) is 0 Å². The number of amides is 1. The fraction of sp³-hybridized carbons (Fsp3) is 0.211. The first-order chi connectivity index (χ1) is 12.6. The van der Waals surface area contributed by atoms with E-state index in [1.54, 1.807) is 11.8 Å². The average molecular weight is 385 g/mol. The lowest BCUT2D eigenvalue weighted by atomic mass is 10.1. The highest BCUT2D eigenvalue weighted by molar-refractivity contribution is 7.99. The zero-order valence-corrected chi connectivity index (χ0v) is 16.5. The Morgan fingerprint density at radius 2 is 1.85 bits per heavy atom. The normalized spacial score (nSPS) is 10.7. The van der Waals surface area contributed by atoms with Gasteiger partial charge >= 0.3 is 0 Å². The molecule has 0 unspecified atom stereocenters. The molecule has 5 nitrogen and oxygen atoms in total. The van der Waals surface area contributed by atoms with Crippen LogP contribution in [0.5, 0.6) is 0 Å². The van der Waals surface area contributed by atoms with Gasteiger partial charge in [0.05, 0.1) is 11.4 Å². The van der Waals surface area contributed by atoms with Crippen molar-refractivity contribution in [3.8, 4) is 11.4 Å². The van der Waals surface area contributed by atoms with E-state index in [9.17, 15) is 4.79 Å². The van der Waals surface area contributed by atoms with E-state index in [2.05, 4.69) is 15.5 Å². The van der Waals surface area contributed by atoms with Gasteiger partial charge in [-0.15, -0.1) is 22.0 Å². The number of carbonyl (C=O) groups is 1. The van der Waals surface area contributed by atoms with E-state index in [1.807, 2.05) is 73.3 Å². The minimum atomic E-state index is -0.0584. The number of para-hydroxylation sites is 1. The molecule has 0 bridgehead atoms. The number of benzene rings is 2. The molecule has 0 aliphatic rings. The second kappa shape index (κ2) is 8.42. The molecule has 3 rings (SSSR count). The summed E-state index contributed by atoms with van der Waals surface area (Å²) in [4.78, 5) is 13.3. The highest BCUT2D eigenvalue weighted by atomic mass is 32.2. The highest BCUT2D eigenvalue weighted by Crippen LogP contribution is 2.27. The van der Waals surface area contributed by atoms with Crippen molar-refractivity contribution in [3.63, 3.8) is 0 Å². The van der Waals surface area contributed by atoms with Crippen molar-refractivity contribution in [3.05, 3.63) is 54.1 Å². The third-order valence-electron chi connectivity index (χ3n) is 3.93. The predicted octanol–water partition coefficient (Wildman–Crippen LogP) is 4.24. The Kier molecular flexibility index (Phi) is 6.00. The number of hydrogen-bond donors (Lipinski definition) is 1. The number of hydrogen-bond acceptors (Lipinski definition) is 5. The van der Waals surface area contributed by atoms with Crippen LogP contribution in [-0.2, 0) is 11.8 Å². The molecule has 7 heteroatoms. The van der Waals surface area contributed by atoms with Crippen LogP contribution in [0.3, 0.4) is 0 Å². The van der Waals surface area contributed by atoms with Crippen molar-refractivity contribution >= 4 is 35.1 Å². The van der Waals surface area contributed by atoms with E-state index in [-0.39, 0.29) is 11.7 Å². The van der Waals surface area contributed by atoms with E-state index < -0.39 is 0 Å². The largest absolute Gasteiger partial charge is 0.324 e. The first-order valence-electron chi connectivity index (χ1n) is 8.11. The quantitative estimate of drug-likeness (QED) is 0.644. The molecule has 1 N–H and O–H groups in total. The number of nitrogens with zero attached hydrogens (tertiary/aromatic N) is 3. The van der Waals surface area contributed by atoms with Crippen LogP contribution in [0.4, 0.5) is 5.69 Å². The summed E-state index contributed by atoms with van der Waals surface area (Å²) in [5.41, 5.74) is 3.03. The summed E-state index contributed by atoms with van der Waals surface area (Å²) in [6, 6.07) is 15.8. The second-order valence-corrected chi connectivity index (χ2v) is 7.51. The molecule has 0 spiro atoms. The lowest BCUT2D eigenvalue weighted by Crippen LogP contribution is -2.15. The van der Waals surface area contributed by atoms with Crippen molar-refractivity contribution in [2.75, 3.05) is 17.3 Å². The van der Waals surface area contributed by atoms with Gasteiger partial charge in [-0.05, 0) is 30.9 Å². The second-order valence-electron chi connectivity index (χ2n) is 5.72. The van der Waals surface area contributed by atoms with Gasteiger partial charge < -0.3 is 9.88 Å². The number of aryl methyl sites for hydroxylation is 1. The highest BCUT2D eigenvalue weighted by Gasteiger charge is 2.14. The van der Waals surface area contributed by atoms with Crippen LogP contribution in [0.1, 0.15) is 5.56 Å². The Morgan fingerprint density at radius 3 is 2.62 bits per heavy atom.